The Balaban J connectivity index is 0.000000160. The molecule has 37 heteroatoms. The van der Waals surface area contributed by atoms with E-state index in [0.717, 1.165) is 75.7 Å². The molecule has 1 fully saturated rings. The molecule has 0 spiro atoms. The van der Waals surface area contributed by atoms with E-state index in [-0.39, 0.29) is 46.5 Å². The van der Waals surface area contributed by atoms with Gasteiger partial charge in [0.25, 0.3) is 23.2 Å². The maximum atomic E-state index is 12.6. The van der Waals surface area contributed by atoms with Crippen LogP contribution in [0.25, 0.3) is 53.9 Å². The van der Waals surface area contributed by atoms with Crippen molar-refractivity contribution in [2.75, 3.05) is 60.6 Å². The number of amides is 2. The van der Waals surface area contributed by atoms with Gasteiger partial charge in [0.15, 0.2) is 6.29 Å². The molecule has 13 heterocycles. The first-order chi connectivity index (χ1) is 57.4. The zero-order valence-electron chi connectivity index (χ0n) is 64.4. The van der Waals surface area contributed by atoms with Crippen molar-refractivity contribution < 1.29 is 57.9 Å². The van der Waals surface area contributed by atoms with Crippen LogP contribution in [0.15, 0.2) is 248 Å². The minimum Gasteiger partial charge on any atom is -0.478 e. The molecule has 0 bridgehead atoms. The Labute approximate surface area is 713 Å². The molecule has 9 N–H and O–H groups in total. The van der Waals surface area contributed by atoms with Gasteiger partial charge in [-0.25, -0.2) is 39.3 Å². The van der Waals surface area contributed by atoms with Gasteiger partial charge < -0.3 is 69.5 Å². The number of halogens is 3. The number of fused-ring (bicyclic) bond motifs is 4. The predicted molar refractivity (Wildman–Crippen MR) is 473 cm³/mol. The number of anilines is 5. The van der Waals surface area contributed by atoms with Gasteiger partial charge in [-0.2, -0.15) is 0 Å². The van der Waals surface area contributed by atoms with Gasteiger partial charge in [-0.05, 0) is 148 Å². The third kappa shape index (κ3) is 27.3. The second kappa shape index (κ2) is 45.6. The monoisotopic (exact) mass is 1880 g/mol. The number of thiophene rings is 3. The molecule has 0 radical (unpaired) electrons. The molecular formula is C82H81BrCl2N16O14S3Sn. The number of nitrogens with zero attached hydrogens (tertiary/aromatic N) is 11. The van der Waals surface area contributed by atoms with Crippen LogP contribution >= 0.6 is 67.8 Å². The number of pyridine rings is 5. The fourth-order valence-electron chi connectivity index (χ4n) is 10.8. The Morgan fingerprint density at radius 2 is 0.924 bits per heavy atom. The van der Waals surface area contributed by atoms with Crippen molar-refractivity contribution >= 4 is 176 Å². The number of nitrogens with one attached hydrogen (secondary N) is 2. The van der Waals surface area contributed by atoms with Crippen LogP contribution in [-0.2, 0) is 18.9 Å². The zero-order chi connectivity index (χ0) is 85.4. The Bertz CT molecular complexity index is 5840. The molecule has 119 heavy (non-hydrogen) atoms. The minimum atomic E-state index is -2.49. The van der Waals surface area contributed by atoms with Crippen LogP contribution in [0.2, 0.25) is 8.87 Å². The van der Waals surface area contributed by atoms with Crippen LogP contribution in [-0.4, -0.2) is 142 Å². The molecule has 15 aromatic rings. The van der Waals surface area contributed by atoms with Crippen LogP contribution < -0.4 is 27.8 Å². The minimum absolute atomic E-state index is 0.0139. The number of benzene rings is 3. The topological polar surface area (TPSA) is 413 Å². The van der Waals surface area contributed by atoms with E-state index >= 15 is 0 Å². The van der Waals surface area contributed by atoms with Crippen molar-refractivity contribution in [1.82, 2.24) is 42.5 Å². The number of carbonyl (C=O) groups is 5. The number of nitrogens with two attached hydrogens (primary N) is 3. The number of aromatic carboxylic acids is 1. The summed E-state index contributed by atoms with van der Waals surface area (Å²) >= 11 is 5.48. The van der Waals surface area contributed by atoms with Gasteiger partial charge >= 0.3 is 100 Å². The number of nitro groups is 2. The quantitative estimate of drug-likeness (QED) is 0.0109. The number of rotatable bonds is 19. The number of unbranched alkanes of at least 4 members (excludes halogenated alkanes) is 2. The van der Waals surface area contributed by atoms with Gasteiger partial charge in [-0.1, -0.05) is 40.2 Å². The number of imidazole rings is 4. The number of hydrogen-bond acceptors (Lipinski definition) is 24. The maximum absolute atomic E-state index is 12.6. The number of esters is 2. The summed E-state index contributed by atoms with van der Waals surface area (Å²) in [6, 6.07) is 43.5. The number of carbonyl (C=O) groups excluding carboxylic acids is 4. The van der Waals surface area contributed by atoms with E-state index < -0.39 is 43.8 Å². The SMILES string of the molecule is BrCC1OCCO1.CCC[CH2][Sn]([Cl])([Cl])[CH2]CCC.COC(=O)c1ccc(N)nc1.COC(=O)c1ccc2nccn2c1.Nc1cc(-c2cccs2)ccc1[N+](=O)[O-].Nc1ccc(-c2cccs2)cc1NC(=O)c1ccc2nccn2c1.O=C(Nc1cc(-c2cccs2)ccc1[N+](=O)[O-])c1ccc2nccn2c1.O=C(O)c1ccc2nccn2c1. The molecule has 0 aliphatic carbocycles. The molecule has 0 saturated carbocycles. The molecule has 30 nitrogen and oxygen atoms in total. The summed E-state index contributed by atoms with van der Waals surface area (Å²) in [5.41, 5.74) is 26.2. The first kappa shape index (κ1) is 90.9. The Morgan fingerprint density at radius 3 is 1.32 bits per heavy atom. The summed E-state index contributed by atoms with van der Waals surface area (Å²) in [6.45, 7) is 5.87. The van der Waals surface area contributed by atoms with E-state index in [0.29, 0.717) is 45.1 Å². The number of alkyl halides is 1. The van der Waals surface area contributed by atoms with E-state index in [1.807, 2.05) is 70.7 Å². The third-order valence-corrected chi connectivity index (χ3v) is 31.5. The summed E-state index contributed by atoms with van der Waals surface area (Å²) in [6.07, 6.45) is 26.5. The number of aromatic nitrogens is 9. The molecule has 1 saturated heterocycles. The van der Waals surface area contributed by atoms with E-state index in [1.165, 1.54) is 81.8 Å². The number of carboxylic acid groups (broad SMARTS) is 1. The summed E-state index contributed by atoms with van der Waals surface area (Å²) < 4.78 is 28.4. The summed E-state index contributed by atoms with van der Waals surface area (Å²) in [4.78, 5) is 102. The van der Waals surface area contributed by atoms with Gasteiger partial charge in [-0.3, -0.25) is 29.8 Å². The molecule has 1 aliphatic rings. The van der Waals surface area contributed by atoms with Crippen molar-refractivity contribution in [2.24, 2.45) is 0 Å². The Kier molecular flexibility index (Phi) is 34.9. The van der Waals surface area contributed by atoms with Crippen molar-refractivity contribution in [3.05, 3.63) is 296 Å². The van der Waals surface area contributed by atoms with E-state index in [1.54, 1.807) is 187 Å². The molecular weight excluding hydrogens is 1800 g/mol. The summed E-state index contributed by atoms with van der Waals surface area (Å²) in [7, 11) is 15.2. The van der Waals surface area contributed by atoms with Crippen molar-refractivity contribution in [2.45, 2.75) is 54.7 Å². The molecule has 0 atom stereocenters. The zero-order valence-corrected chi connectivity index (χ0v) is 72.8. The normalized spacial score (nSPS) is 11.3. The van der Waals surface area contributed by atoms with Gasteiger partial charge in [0.2, 0.25) is 0 Å². The number of nitrogen functional groups attached to an aromatic ring is 3. The van der Waals surface area contributed by atoms with E-state index in [4.69, 9.17) is 49.6 Å². The fraction of sp³-hybridized carbons (Fsp3) is 0.171. The Hall–Kier alpha value is -12.0. The number of methoxy groups -OCH3 is 2. The van der Waals surface area contributed by atoms with Gasteiger partial charge in [0.1, 0.15) is 39.8 Å². The molecule has 2 amide bonds. The van der Waals surface area contributed by atoms with Crippen LogP contribution in [0.1, 0.15) is 91.3 Å². The number of carboxylic acids is 1. The van der Waals surface area contributed by atoms with Crippen molar-refractivity contribution in [3.8, 4) is 31.3 Å². The van der Waals surface area contributed by atoms with Crippen molar-refractivity contribution in [1.29, 1.82) is 0 Å². The first-order valence-electron chi connectivity index (χ1n) is 36.3. The van der Waals surface area contributed by atoms with Gasteiger partial charge in [0, 0.05) is 107 Å². The molecule has 12 aromatic heterocycles. The average Bonchev–Trinajstić information content (AvgIpc) is 1.42. The largest absolute Gasteiger partial charge is 0.478 e. The Morgan fingerprint density at radius 1 is 0.529 bits per heavy atom. The molecule has 0 unspecified atom stereocenters. The predicted octanol–water partition coefficient (Wildman–Crippen LogP) is 18.9. The van der Waals surface area contributed by atoms with Crippen LogP contribution in [0, 0.1) is 20.2 Å². The number of ether oxygens (including phenoxy) is 4. The third-order valence-electron chi connectivity index (χ3n) is 16.9. The molecule has 1 aliphatic heterocycles. The van der Waals surface area contributed by atoms with Crippen molar-refractivity contribution in [3.63, 3.8) is 0 Å². The smallest absolute Gasteiger partial charge is 0.339 e. The van der Waals surface area contributed by atoms with E-state index in [2.05, 4.69) is 74.8 Å². The molecule has 616 valence electrons. The standard InChI is InChI=1S/C18H12N4O3S.C18H14N4OS.C10H8N2O2S.C9H8N2O2.C8H6N2O2.C7H8N2O2.C4H7BrO2.2C4H9.2ClH.Sn/c23-18(13-4-6-17-19-7-8-21(17)11-13)20-14-10-12(16-2-1-9-26-16)3-5-15(14)22(24)25;19-14-5-3-12(16-2-1-9-24-16)10-15(14)21-18(23)13-4-6-17-20-7-8-22(17)11-13;11-8-6-7(10-2-1-5-15-10)3-4-9(8)12(13)14;1-13-9(12)7-2-3-8-10-4-5-11(8)6-7;11-8(12)6-1-2-7-9-3-4-10(7)5-6;1-11-7(10)5-2-3-6(8)9-4-5;5-3-4-6-1-2-7-4;2*1-3-4-2;;;/h1-11H,(H,20,23);1-11H,19H2,(H,21,23);1-6H,11H2;2-6H,1H3;1-5H,(H,11,12);2-4H,1H3,(H2,8,9);4H,1-3H2;2*1,3-4H2,2H3;2*1H;/q;;;;;;;;;;;+2/p-2. The average molecular weight is 1880 g/mol. The molecule has 3 aromatic carbocycles. The fourth-order valence-corrected chi connectivity index (χ4v) is 22.6. The number of hydrogen-bond donors (Lipinski definition) is 6. The second-order valence-corrected chi connectivity index (χ2v) is 47.5. The van der Waals surface area contributed by atoms with Gasteiger partial charge in [0.05, 0.1) is 81.8 Å². The van der Waals surface area contributed by atoms with Crippen LogP contribution in [0.5, 0.6) is 0 Å². The molecule has 16 rings (SSSR count). The summed E-state index contributed by atoms with van der Waals surface area (Å²) in [5, 5.41) is 42.7. The first-order valence-corrected chi connectivity index (χ1v) is 51.4. The van der Waals surface area contributed by atoms with Gasteiger partial charge in [-0.15, -0.1) is 34.0 Å². The van der Waals surface area contributed by atoms with Crippen LogP contribution in [0.4, 0.5) is 39.9 Å². The van der Waals surface area contributed by atoms with Crippen LogP contribution in [0.3, 0.4) is 0 Å². The maximum Gasteiger partial charge on any atom is 0.339 e. The number of nitro benzene ring substituents is 2. The second-order valence-electron chi connectivity index (χ2n) is 25.3. The van der Waals surface area contributed by atoms with E-state index in [9.17, 15) is 44.2 Å². The summed E-state index contributed by atoms with van der Waals surface area (Å²) in [5.74, 6) is -1.91.